The fourth-order valence-electron chi connectivity index (χ4n) is 1.46. The van der Waals surface area contributed by atoms with E-state index in [-0.39, 0.29) is 21.1 Å². The Morgan fingerprint density at radius 1 is 1.29 bits per heavy atom. The molecule has 1 rings (SSSR count). The Bertz CT molecular complexity index is 348. The van der Waals surface area contributed by atoms with E-state index in [1.165, 1.54) is 27.8 Å². The minimum absolute atomic E-state index is 0. The van der Waals surface area contributed by atoms with Gasteiger partial charge in [-0.15, -0.1) is 25.5 Å². The molecule has 0 fully saturated rings. The van der Waals surface area contributed by atoms with Gasteiger partial charge in [-0.3, -0.25) is 5.56 Å². The molecule has 0 N–H and O–H groups in total. The van der Waals surface area contributed by atoms with Crippen molar-refractivity contribution in [2.75, 3.05) is 0 Å². The van der Waals surface area contributed by atoms with Crippen LogP contribution in [-0.2, 0) is 21.1 Å². The predicted octanol–water partition coefficient (Wildman–Crippen LogP) is 3.64. The van der Waals surface area contributed by atoms with Gasteiger partial charge in [0.15, 0.2) is 0 Å². The van der Waals surface area contributed by atoms with Crippen molar-refractivity contribution in [3.05, 3.63) is 40.5 Å². The van der Waals surface area contributed by atoms with Gasteiger partial charge in [-0.05, 0) is 0 Å². The third kappa shape index (κ3) is 2.82. The molecule has 0 spiro atoms. The van der Waals surface area contributed by atoms with Crippen molar-refractivity contribution >= 4 is 5.57 Å². The van der Waals surface area contributed by atoms with Crippen LogP contribution in [0.15, 0.2) is 6.07 Å². The molecule has 0 aliphatic heterocycles. The van der Waals surface area contributed by atoms with Gasteiger partial charge >= 0.3 is 21.1 Å². The van der Waals surface area contributed by atoms with Crippen molar-refractivity contribution in [3.8, 4) is 0 Å². The second kappa shape index (κ2) is 5.51. The van der Waals surface area contributed by atoms with Crippen molar-refractivity contribution < 1.29 is 21.1 Å². The van der Waals surface area contributed by atoms with Crippen LogP contribution in [0.1, 0.15) is 36.1 Å². The van der Waals surface area contributed by atoms with Gasteiger partial charge in [-0.25, -0.2) is 11.6 Å². The van der Waals surface area contributed by atoms with Gasteiger partial charge in [0.25, 0.3) is 0 Å². The van der Waals surface area contributed by atoms with E-state index in [0.29, 0.717) is 0 Å². The average molecular weight is 356 g/mol. The van der Waals surface area contributed by atoms with E-state index >= 15 is 0 Å². The smallest absolute Gasteiger partial charge is 0.327 e. The fourth-order valence-corrected chi connectivity index (χ4v) is 1.46. The van der Waals surface area contributed by atoms with E-state index in [9.17, 15) is 0 Å². The molecule has 0 aromatic heterocycles. The number of hydrogen-bond acceptors (Lipinski definition) is 0. The molecule has 0 aliphatic carbocycles. The molecule has 0 unspecified atom stereocenters. The van der Waals surface area contributed by atoms with Crippen LogP contribution in [-0.4, -0.2) is 0 Å². The molecule has 0 aliphatic rings. The second-order valence-electron chi connectivity index (χ2n) is 3.51. The van der Waals surface area contributed by atoms with E-state index in [0.717, 1.165) is 0 Å². The monoisotopic (exact) mass is 356 g/mol. The Balaban J connectivity index is 0.00000169. The Hall–Kier alpha value is -0.352. The molecule has 0 radical (unpaired) electrons. The molecule has 14 heavy (non-hydrogen) atoms. The number of aryl methyl sites for hydroxylation is 2. The average Bonchev–Trinajstić information content (AvgIpc) is 2.10. The summed E-state index contributed by atoms with van der Waals surface area (Å²) in [6.45, 7) is 10.4. The van der Waals surface area contributed by atoms with Gasteiger partial charge in [-0.2, -0.15) is 5.56 Å². The van der Waals surface area contributed by atoms with Crippen LogP contribution >= 0.6 is 0 Å². The van der Waals surface area contributed by atoms with Crippen LogP contribution in [0.5, 0.6) is 0 Å². The molecule has 1 heteroatoms. The summed E-state index contributed by atoms with van der Waals surface area (Å²) in [7, 11) is 0. The topological polar surface area (TPSA) is 0 Å². The minimum Gasteiger partial charge on any atom is -0.327 e. The SMILES string of the molecule is C[C-]=C(C)c1[c-]c(C)cc(C)c1C.[W+2]. The fraction of sp³-hybridized carbons (Fsp3) is 0.385. The van der Waals surface area contributed by atoms with E-state index in [1.54, 1.807) is 0 Å². The molecule has 0 saturated carbocycles. The number of hydrogen-bond donors (Lipinski definition) is 0. The van der Waals surface area contributed by atoms with E-state index in [4.69, 9.17) is 0 Å². The maximum Gasteiger partial charge on any atom is 2.00 e. The molecule has 0 heterocycles. The van der Waals surface area contributed by atoms with Gasteiger partial charge in [0, 0.05) is 0 Å². The zero-order valence-corrected chi connectivity index (χ0v) is 12.4. The summed E-state index contributed by atoms with van der Waals surface area (Å²) in [5, 5.41) is 0. The van der Waals surface area contributed by atoms with Crippen molar-refractivity contribution in [1.82, 2.24) is 0 Å². The first-order chi connectivity index (χ1) is 6.06. The quantitative estimate of drug-likeness (QED) is 0.675. The number of allylic oxidation sites excluding steroid dienone is 2. The van der Waals surface area contributed by atoms with Crippen LogP contribution in [0.2, 0.25) is 0 Å². The summed E-state index contributed by atoms with van der Waals surface area (Å²) in [4.78, 5) is 0. The normalized spacial score (nSPS) is 11.1. The largest absolute Gasteiger partial charge is 2.00 e. The van der Waals surface area contributed by atoms with Crippen molar-refractivity contribution in [2.24, 2.45) is 0 Å². The van der Waals surface area contributed by atoms with Gasteiger partial charge in [-0.1, -0.05) is 20.8 Å². The van der Waals surface area contributed by atoms with E-state index in [2.05, 4.69) is 45.9 Å². The van der Waals surface area contributed by atoms with Gasteiger partial charge < -0.3 is 11.6 Å². The van der Waals surface area contributed by atoms with Gasteiger partial charge in [0.1, 0.15) is 0 Å². The zero-order valence-electron chi connectivity index (χ0n) is 9.49. The maximum atomic E-state index is 3.37. The first-order valence-corrected chi connectivity index (χ1v) is 4.58. The van der Waals surface area contributed by atoms with Crippen molar-refractivity contribution in [3.63, 3.8) is 0 Å². The van der Waals surface area contributed by atoms with Crippen LogP contribution in [0.3, 0.4) is 0 Å². The molecule has 0 bridgehead atoms. The summed E-state index contributed by atoms with van der Waals surface area (Å²) in [6.07, 6.45) is 3.16. The summed E-state index contributed by atoms with van der Waals surface area (Å²) < 4.78 is 0. The van der Waals surface area contributed by atoms with Crippen LogP contribution < -0.4 is 0 Å². The summed E-state index contributed by atoms with van der Waals surface area (Å²) in [6, 6.07) is 5.54. The second-order valence-corrected chi connectivity index (χ2v) is 3.51. The summed E-state index contributed by atoms with van der Waals surface area (Å²) in [5.41, 5.74) is 6.25. The first-order valence-electron chi connectivity index (χ1n) is 4.58. The number of benzene rings is 1. The van der Waals surface area contributed by atoms with E-state index < -0.39 is 0 Å². The summed E-state index contributed by atoms with van der Waals surface area (Å²) in [5.74, 6) is 0. The number of rotatable bonds is 1. The summed E-state index contributed by atoms with van der Waals surface area (Å²) >= 11 is 0. The molecule has 74 valence electrons. The molecule has 0 saturated heterocycles. The Kier molecular flexibility index (Phi) is 5.37. The molecular formula is C13H16W. The molecule has 0 nitrogen and oxygen atoms in total. The Morgan fingerprint density at radius 3 is 2.36 bits per heavy atom. The standard InChI is InChI=1S/C13H16.W/c1-6-10(3)13-8-9(2)7-11(4)12(13)5;/h7H,1-5H3;/q-2;+2. The molecular weight excluding hydrogens is 340 g/mol. The van der Waals surface area contributed by atoms with Crippen molar-refractivity contribution in [2.45, 2.75) is 34.6 Å². The minimum atomic E-state index is 0. The molecule has 0 amide bonds. The molecule has 0 atom stereocenters. The third-order valence-corrected chi connectivity index (χ3v) is 2.47. The van der Waals surface area contributed by atoms with Gasteiger partial charge in [0.2, 0.25) is 0 Å². The first kappa shape index (κ1) is 13.6. The van der Waals surface area contributed by atoms with E-state index in [1.807, 2.05) is 6.92 Å². The maximum absolute atomic E-state index is 3.37. The predicted molar refractivity (Wildman–Crippen MR) is 57.5 cm³/mol. The Morgan fingerprint density at radius 2 is 1.86 bits per heavy atom. The zero-order chi connectivity index (χ0) is 10.0. The van der Waals surface area contributed by atoms with Crippen LogP contribution in [0.4, 0.5) is 0 Å². The third-order valence-electron chi connectivity index (χ3n) is 2.47. The van der Waals surface area contributed by atoms with Crippen LogP contribution in [0.25, 0.3) is 5.57 Å². The van der Waals surface area contributed by atoms with Gasteiger partial charge in [0.05, 0.1) is 0 Å². The van der Waals surface area contributed by atoms with Crippen molar-refractivity contribution in [1.29, 1.82) is 0 Å². The molecule has 1 aromatic rings. The Labute approximate surface area is 102 Å². The van der Waals surface area contributed by atoms with Crippen LogP contribution in [0, 0.1) is 32.9 Å². The molecule has 1 aromatic carbocycles.